The Balaban J connectivity index is 1.53. The van der Waals surface area contributed by atoms with Gasteiger partial charge in [-0.1, -0.05) is 49.4 Å². The molecule has 1 heterocycles. The van der Waals surface area contributed by atoms with Gasteiger partial charge >= 0.3 is 0 Å². The zero-order chi connectivity index (χ0) is 21.9. The van der Waals surface area contributed by atoms with E-state index in [9.17, 15) is 4.39 Å². The van der Waals surface area contributed by atoms with Gasteiger partial charge in [0, 0.05) is 36.2 Å². The van der Waals surface area contributed by atoms with E-state index in [1.165, 1.54) is 31.2 Å². The highest BCUT2D eigenvalue weighted by atomic mass is 35.5. The van der Waals surface area contributed by atoms with Crippen LogP contribution in [0.3, 0.4) is 0 Å². The summed E-state index contributed by atoms with van der Waals surface area (Å²) in [6.07, 6.45) is 8.94. The van der Waals surface area contributed by atoms with Crippen molar-refractivity contribution in [2.45, 2.75) is 39.5 Å². The topological polar surface area (TPSA) is 15.6 Å². The molecule has 1 aliphatic carbocycles. The first kappa shape index (κ1) is 23.0. The Kier molecular flexibility index (Phi) is 7.36. The molecule has 30 heavy (non-hydrogen) atoms. The van der Waals surface area contributed by atoms with Gasteiger partial charge in [-0.2, -0.15) is 0 Å². The largest absolute Gasteiger partial charge is 0.303 e. The molecule has 1 saturated carbocycles. The standard InChI is InChI=1S/C26H34ClFN2/c1-18-6-8-24(27)23(14-18)19(2)7-9-25(29-5)22-15-26(16-22)10-12-30(13-11-26)17-20(3)21(4)28/h6-9,14,20,22H,2,4,10-13,15-17H2,1,3,5H3/b9-7-,29-25+. The average Bonchev–Trinajstić information content (AvgIpc) is 2.69. The number of halogens is 2. The number of piperidine rings is 1. The van der Waals surface area contributed by atoms with Crippen LogP contribution >= 0.6 is 11.6 Å². The molecule has 2 nitrogen and oxygen atoms in total. The molecule has 3 rings (SSSR count). The maximum atomic E-state index is 13.3. The third kappa shape index (κ3) is 5.31. The van der Waals surface area contributed by atoms with Crippen LogP contribution in [-0.2, 0) is 0 Å². The van der Waals surface area contributed by atoms with Crippen molar-refractivity contribution in [2.24, 2.45) is 22.2 Å². The highest BCUT2D eigenvalue weighted by Gasteiger charge is 2.46. The maximum Gasteiger partial charge on any atom is 0.0968 e. The fraction of sp³-hybridized carbons (Fsp3) is 0.500. The first-order chi connectivity index (χ1) is 14.2. The lowest BCUT2D eigenvalue weighted by Crippen LogP contribution is -2.49. The van der Waals surface area contributed by atoms with E-state index in [0.29, 0.717) is 11.3 Å². The highest BCUT2D eigenvalue weighted by Crippen LogP contribution is 2.53. The molecule has 1 aromatic carbocycles. The van der Waals surface area contributed by atoms with Gasteiger partial charge in [0.2, 0.25) is 0 Å². The van der Waals surface area contributed by atoms with E-state index < -0.39 is 0 Å². The summed E-state index contributed by atoms with van der Waals surface area (Å²) in [5.74, 6) is 0.235. The predicted octanol–water partition coefficient (Wildman–Crippen LogP) is 6.90. The zero-order valence-corrected chi connectivity index (χ0v) is 19.3. The van der Waals surface area contributed by atoms with Gasteiger partial charge in [0.1, 0.15) is 0 Å². The van der Waals surface area contributed by atoms with Gasteiger partial charge in [0.05, 0.1) is 5.83 Å². The predicted molar refractivity (Wildman–Crippen MR) is 128 cm³/mol. The summed E-state index contributed by atoms with van der Waals surface area (Å²) >= 11 is 6.34. The highest BCUT2D eigenvalue weighted by molar-refractivity contribution is 6.32. The van der Waals surface area contributed by atoms with Gasteiger partial charge in [0.15, 0.2) is 0 Å². The van der Waals surface area contributed by atoms with E-state index in [0.717, 1.165) is 41.5 Å². The lowest BCUT2D eigenvalue weighted by molar-refractivity contribution is 0.00822. The van der Waals surface area contributed by atoms with Crippen LogP contribution in [0.4, 0.5) is 4.39 Å². The quantitative estimate of drug-likeness (QED) is 0.340. The van der Waals surface area contributed by atoms with Crippen LogP contribution in [-0.4, -0.2) is 37.3 Å². The van der Waals surface area contributed by atoms with E-state index >= 15 is 0 Å². The van der Waals surface area contributed by atoms with Crippen molar-refractivity contribution in [3.8, 4) is 0 Å². The molecule has 0 bridgehead atoms. The van der Waals surface area contributed by atoms with Crippen molar-refractivity contribution in [2.75, 3.05) is 26.7 Å². The molecule has 0 aromatic heterocycles. The van der Waals surface area contributed by atoms with Gasteiger partial charge in [-0.25, -0.2) is 4.39 Å². The Bertz CT molecular complexity index is 854. The fourth-order valence-electron chi connectivity index (χ4n) is 4.85. The van der Waals surface area contributed by atoms with Crippen LogP contribution in [0.25, 0.3) is 5.57 Å². The molecule has 0 amide bonds. The second kappa shape index (κ2) is 9.62. The number of hydrogen-bond donors (Lipinski definition) is 0. The van der Waals surface area contributed by atoms with E-state index in [1.54, 1.807) is 0 Å². The van der Waals surface area contributed by atoms with Gasteiger partial charge in [0.25, 0.3) is 0 Å². The number of aryl methyl sites for hydroxylation is 1. The van der Waals surface area contributed by atoms with Crippen molar-refractivity contribution in [1.29, 1.82) is 0 Å². The molecule has 2 aliphatic rings. The van der Waals surface area contributed by atoms with E-state index in [2.05, 4.69) is 42.1 Å². The average molecular weight is 429 g/mol. The van der Waals surface area contributed by atoms with E-state index in [1.807, 2.05) is 32.2 Å². The van der Waals surface area contributed by atoms with Crippen molar-refractivity contribution in [3.05, 3.63) is 65.5 Å². The molecule has 1 aliphatic heterocycles. The van der Waals surface area contributed by atoms with Gasteiger partial charge in [-0.15, -0.1) is 0 Å². The van der Waals surface area contributed by atoms with Crippen LogP contribution in [0.2, 0.25) is 5.02 Å². The summed E-state index contributed by atoms with van der Waals surface area (Å²) in [5.41, 5.74) is 4.65. The Morgan fingerprint density at radius 3 is 2.57 bits per heavy atom. The van der Waals surface area contributed by atoms with Crippen LogP contribution in [0.1, 0.15) is 43.7 Å². The third-order valence-corrected chi connectivity index (χ3v) is 7.27. The molecule has 162 valence electrons. The minimum atomic E-state index is -0.205. The first-order valence-corrected chi connectivity index (χ1v) is 11.3. The Labute approximate surface area is 186 Å². The van der Waals surface area contributed by atoms with E-state index in [4.69, 9.17) is 11.6 Å². The second-order valence-electron chi connectivity index (χ2n) is 9.24. The molecule has 4 heteroatoms. The molecule has 0 radical (unpaired) electrons. The Morgan fingerprint density at radius 1 is 1.30 bits per heavy atom. The molecule has 1 saturated heterocycles. The minimum Gasteiger partial charge on any atom is -0.303 e. The van der Waals surface area contributed by atoms with Crippen LogP contribution in [0, 0.1) is 24.2 Å². The molecular weight excluding hydrogens is 395 g/mol. The molecule has 1 unspecified atom stereocenters. The summed E-state index contributed by atoms with van der Waals surface area (Å²) in [6, 6.07) is 6.00. The van der Waals surface area contributed by atoms with Gasteiger partial charge < -0.3 is 4.90 Å². The zero-order valence-electron chi connectivity index (χ0n) is 18.6. The lowest BCUT2D eigenvalue weighted by atomic mass is 9.56. The fourth-order valence-corrected chi connectivity index (χ4v) is 5.09. The van der Waals surface area contributed by atoms with E-state index in [-0.39, 0.29) is 11.7 Å². The molecular formula is C26H34ClFN2. The number of nitrogens with zero attached hydrogens (tertiary/aromatic N) is 2. The van der Waals surface area contributed by atoms with Crippen molar-refractivity contribution in [3.63, 3.8) is 0 Å². The summed E-state index contributed by atoms with van der Waals surface area (Å²) < 4.78 is 13.3. The number of allylic oxidation sites excluding steroid dienone is 3. The van der Waals surface area contributed by atoms with Crippen molar-refractivity contribution < 1.29 is 4.39 Å². The normalized spacial score (nSPS) is 21.0. The summed E-state index contributed by atoms with van der Waals surface area (Å²) in [6.45, 7) is 14.5. The number of likely N-dealkylation sites (tertiary alicyclic amines) is 1. The van der Waals surface area contributed by atoms with Gasteiger partial charge in [-0.05, 0) is 80.5 Å². The number of rotatable bonds is 7. The van der Waals surface area contributed by atoms with Crippen LogP contribution < -0.4 is 0 Å². The Hall–Kier alpha value is -1.71. The smallest absolute Gasteiger partial charge is 0.0968 e. The molecule has 2 fully saturated rings. The maximum absolute atomic E-state index is 13.3. The van der Waals surface area contributed by atoms with Crippen molar-refractivity contribution >= 4 is 22.9 Å². The third-order valence-electron chi connectivity index (χ3n) is 6.94. The summed E-state index contributed by atoms with van der Waals surface area (Å²) in [5, 5.41) is 0.727. The Morgan fingerprint density at radius 2 is 1.97 bits per heavy atom. The summed E-state index contributed by atoms with van der Waals surface area (Å²) in [4.78, 5) is 6.95. The molecule has 1 aromatic rings. The lowest BCUT2D eigenvalue weighted by Gasteiger charge is -2.52. The second-order valence-corrected chi connectivity index (χ2v) is 9.65. The molecule has 1 spiro atoms. The van der Waals surface area contributed by atoms with Crippen LogP contribution in [0.5, 0.6) is 0 Å². The first-order valence-electron chi connectivity index (χ1n) is 10.9. The monoisotopic (exact) mass is 428 g/mol. The molecule has 1 atom stereocenters. The SMILES string of the molecule is C=C(/C=C\C(=N/C)C1CC2(CCN(CC(C)C(=C)F)CC2)C1)c1cc(C)ccc1Cl. The number of benzene rings is 1. The van der Waals surface area contributed by atoms with Gasteiger partial charge in [-0.3, -0.25) is 4.99 Å². The summed E-state index contributed by atoms with van der Waals surface area (Å²) in [7, 11) is 1.88. The van der Waals surface area contributed by atoms with Crippen molar-refractivity contribution in [1.82, 2.24) is 4.90 Å². The molecule has 0 N–H and O–H groups in total. The number of aliphatic imine (C=N–C) groups is 1. The van der Waals surface area contributed by atoms with Crippen LogP contribution in [0.15, 0.2) is 54.3 Å². The number of hydrogen-bond acceptors (Lipinski definition) is 2. The minimum absolute atomic E-state index is 0.0767.